The van der Waals surface area contributed by atoms with Crippen molar-refractivity contribution in [3.63, 3.8) is 0 Å². The van der Waals surface area contributed by atoms with Gasteiger partial charge in [0.1, 0.15) is 0 Å². The Morgan fingerprint density at radius 1 is 1.21 bits per heavy atom. The topological polar surface area (TPSA) is 47.6 Å². The van der Waals surface area contributed by atoms with E-state index in [4.69, 9.17) is 0 Å². The Labute approximate surface area is 145 Å². The number of carbonyl (C=O) groups is 1. The Kier molecular flexibility index (Phi) is 6.10. The van der Waals surface area contributed by atoms with E-state index >= 15 is 0 Å². The number of hydrogen-bond donors (Lipinski definition) is 2. The van der Waals surface area contributed by atoms with E-state index in [2.05, 4.69) is 57.7 Å². The van der Waals surface area contributed by atoms with Gasteiger partial charge in [-0.2, -0.15) is 0 Å². The van der Waals surface area contributed by atoms with E-state index in [1.165, 1.54) is 5.69 Å². The lowest BCUT2D eigenvalue weighted by molar-refractivity contribution is -0.122. The molecule has 1 aromatic rings. The Bertz CT molecular complexity index is 513. The molecule has 0 saturated carbocycles. The second-order valence-corrected chi connectivity index (χ2v) is 7.06. The second kappa shape index (κ2) is 8.49. The van der Waals surface area contributed by atoms with Gasteiger partial charge in [0.15, 0.2) is 0 Å². The van der Waals surface area contributed by atoms with Gasteiger partial charge in [-0.15, -0.1) is 0 Å². The molecule has 2 fully saturated rings. The predicted molar refractivity (Wildman–Crippen MR) is 98.3 cm³/mol. The van der Waals surface area contributed by atoms with Gasteiger partial charge in [-0.3, -0.25) is 9.69 Å². The minimum Gasteiger partial charge on any atom is -0.369 e. The maximum atomic E-state index is 12.2. The number of nitrogens with one attached hydrogen (secondary N) is 2. The van der Waals surface area contributed by atoms with Crippen LogP contribution in [0.25, 0.3) is 0 Å². The van der Waals surface area contributed by atoms with E-state index in [9.17, 15) is 4.79 Å². The van der Waals surface area contributed by atoms with E-state index in [0.717, 1.165) is 52.2 Å². The molecule has 2 aliphatic rings. The summed E-state index contributed by atoms with van der Waals surface area (Å²) in [4.78, 5) is 17.0. The number of carbonyl (C=O) groups excluding carboxylic acids is 1. The van der Waals surface area contributed by atoms with E-state index in [0.29, 0.717) is 18.4 Å². The monoisotopic (exact) mass is 330 g/mol. The highest BCUT2D eigenvalue weighted by molar-refractivity contribution is 5.76. The summed E-state index contributed by atoms with van der Waals surface area (Å²) in [6.45, 7) is 9.24. The number of piperidine rings is 1. The highest BCUT2D eigenvalue weighted by Gasteiger charge is 2.23. The number of para-hydroxylation sites is 1. The fourth-order valence-corrected chi connectivity index (χ4v) is 3.64. The van der Waals surface area contributed by atoms with Crippen molar-refractivity contribution in [2.24, 2.45) is 5.92 Å². The van der Waals surface area contributed by atoms with E-state index < -0.39 is 0 Å². The third-order valence-corrected chi connectivity index (χ3v) is 5.28. The molecule has 5 heteroatoms. The molecule has 1 amide bonds. The SMILES string of the molecule is CC1CNCCC1NC(=O)CCN1CCN(c2ccccc2)CC1. The predicted octanol–water partition coefficient (Wildman–Crippen LogP) is 1.31. The molecule has 2 aliphatic heterocycles. The number of amides is 1. The smallest absolute Gasteiger partial charge is 0.221 e. The van der Waals surface area contributed by atoms with Crippen molar-refractivity contribution < 1.29 is 4.79 Å². The number of hydrogen-bond acceptors (Lipinski definition) is 4. The van der Waals surface area contributed by atoms with Gasteiger partial charge in [-0.05, 0) is 37.6 Å². The molecule has 132 valence electrons. The van der Waals surface area contributed by atoms with Gasteiger partial charge in [-0.1, -0.05) is 25.1 Å². The average molecular weight is 330 g/mol. The molecular formula is C19H30N4O. The highest BCUT2D eigenvalue weighted by atomic mass is 16.1. The summed E-state index contributed by atoms with van der Waals surface area (Å²) in [5.41, 5.74) is 1.30. The molecule has 0 radical (unpaired) electrons. The van der Waals surface area contributed by atoms with Gasteiger partial charge in [0.2, 0.25) is 5.91 Å². The fourth-order valence-electron chi connectivity index (χ4n) is 3.64. The van der Waals surface area contributed by atoms with E-state index in [-0.39, 0.29) is 5.91 Å². The molecule has 5 nitrogen and oxygen atoms in total. The normalized spacial score (nSPS) is 25.5. The van der Waals surface area contributed by atoms with Crippen LogP contribution in [0.5, 0.6) is 0 Å². The first-order valence-electron chi connectivity index (χ1n) is 9.25. The van der Waals surface area contributed by atoms with Crippen molar-refractivity contribution in [3.05, 3.63) is 30.3 Å². The minimum atomic E-state index is 0.208. The molecule has 1 aromatic carbocycles. The largest absolute Gasteiger partial charge is 0.369 e. The van der Waals surface area contributed by atoms with Gasteiger partial charge in [-0.25, -0.2) is 0 Å². The highest BCUT2D eigenvalue weighted by Crippen LogP contribution is 2.15. The van der Waals surface area contributed by atoms with E-state index in [1.54, 1.807) is 0 Å². The van der Waals surface area contributed by atoms with Crippen molar-refractivity contribution in [2.45, 2.75) is 25.8 Å². The summed E-state index contributed by atoms with van der Waals surface area (Å²) in [6, 6.07) is 10.9. The standard InChI is InChI=1S/C19H30N4O/c1-16-15-20-9-7-18(16)21-19(24)8-10-22-11-13-23(14-12-22)17-5-3-2-4-6-17/h2-6,16,18,20H,7-15H2,1H3,(H,21,24). The first kappa shape index (κ1) is 17.2. The van der Waals surface area contributed by atoms with Crippen LogP contribution in [0.4, 0.5) is 5.69 Å². The summed E-state index contributed by atoms with van der Waals surface area (Å²) in [5.74, 6) is 0.733. The maximum absolute atomic E-state index is 12.2. The van der Waals surface area contributed by atoms with Crippen LogP contribution >= 0.6 is 0 Å². The van der Waals surface area contributed by atoms with Crippen molar-refractivity contribution in [2.75, 3.05) is 50.7 Å². The second-order valence-electron chi connectivity index (χ2n) is 7.06. The molecular weight excluding hydrogens is 300 g/mol. The van der Waals surface area contributed by atoms with Gasteiger partial charge >= 0.3 is 0 Å². The first-order chi connectivity index (χ1) is 11.7. The van der Waals surface area contributed by atoms with Crippen LogP contribution in [0, 0.1) is 5.92 Å². The molecule has 24 heavy (non-hydrogen) atoms. The Balaban J connectivity index is 1.36. The Morgan fingerprint density at radius 2 is 1.96 bits per heavy atom. The van der Waals surface area contributed by atoms with Crippen LogP contribution in [-0.2, 0) is 4.79 Å². The summed E-state index contributed by atoms with van der Waals surface area (Å²) in [6.07, 6.45) is 1.66. The van der Waals surface area contributed by atoms with Crippen molar-refractivity contribution in [1.29, 1.82) is 0 Å². The van der Waals surface area contributed by atoms with Crippen LogP contribution in [0.2, 0.25) is 0 Å². The molecule has 0 aromatic heterocycles. The van der Waals surface area contributed by atoms with Gasteiger partial charge in [0.25, 0.3) is 0 Å². The Hall–Kier alpha value is -1.59. The zero-order valence-corrected chi connectivity index (χ0v) is 14.7. The maximum Gasteiger partial charge on any atom is 0.221 e. The van der Waals surface area contributed by atoms with Crippen LogP contribution in [-0.4, -0.2) is 62.7 Å². The number of benzene rings is 1. The van der Waals surface area contributed by atoms with Crippen LogP contribution in [0.3, 0.4) is 0 Å². The van der Waals surface area contributed by atoms with E-state index in [1.807, 2.05) is 0 Å². The number of piperazine rings is 1. The molecule has 2 atom stereocenters. The lowest BCUT2D eigenvalue weighted by atomic mass is 9.95. The molecule has 2 saturated heterocycles. The minimum absolute atomic E-state index is 0.208. The van der Waals surface area contributed by atoms with Crippen LogP contribution in [0.15, 0.2) is 30.3 Å². The quantitative estimate of drug-likeness (QED) is 0.855. The molecule has 0 spiro atoms. The summed E-state index contributed by atoms with van der Waals surface area (Å²) >= 11 is 0. The molecule has 2 heterocycles. The molecule has 3 rings (SSSR count). The van der Waals surface area contributed by atoms with Gasteiger partial charge < -0.3 is 15.5 Å². The average Bonchev–Trinajstić information content (AvgIpc) is 2.63. The Morgan fingerprint density at radius 3 is 2.67 bits per heavy atom. The first-order valence-corrected chi connectivity index (χ1v) is 9.25. The van der Waals surface area contributed by atoms with Crippen LogP contribution < -0.4 is 15.5 Å². The van der Waals surface area contributed by atoms with Gasteiger partial charge in [0.05, 0.1) is 0 Å². The third-order valence-electron chi connectivity index (χ3n) is 5.28. The van der Waals surface area contributed by atoms with Crippen molar-refractivity contribution >= 4 is 11.6 Å². The number of anilines is 1. The zero-order valence-electron chi connectivity index (χ0n) is 14.7. The zero-order chi connectivity index (χ0) is 16.8. The summed E-state index contributed by atoms with van der Waals surface area (Å²) in [5, 5.41) is 6.60. The summed E-state index contributed by atoms with van der Waals surface area (Å²) < 4.78 is 0. The van der Waals surface area contributed by atoms with Crippen molar-refractivity contribution in [1.82, 2.24) is 15.5 Å². The molecule has 2 unspecified atom stereocenters. The van der Waals surface area contributed by atoms with Crippen LogP contribution in [0.1, 0.15) is 19.8 Å². The third kappa shape index (κ3) is 4.71. The number of rotatable bonds is 5. The van der Waals surface area contributed by atoms with Crippen molar-refractivity contribution in [3.8, 4) is 0 Å². The lowest BCUT2D eigenvalue weighted by Gasteiger charge is -2.36. The molecule has 2 N–H and O–H groups in total. The lowest BCUT2D eigenvalue weighted by Crippen LogP contribution is -2.50. The fraction of sp³-hybridized carbons (Fsp3) is 0.632. The molecule has 0 bridgehead atoms. The number of nitrogens with zero attached hydrogens (tertiary/aromatic N) is 2. The summed E-state index contributed by atoms with van der Waals surface area (Å²) in [7, 11) is 0. The molecule has 0 aliphatic carbocycles. The van der Waals surface area contributed by atoms with Gasteiger partial charge in [0, 0.05) is 50.9 Å².